The minimum Gasteiger partial charge on any atom is -0.294 e. The second-order valence-corrected chi connectivity index (χ2v) is 7.89. The monoisotopic (exact) mass is 386 g/mol. The molecule has 140 valence electrons. The Morgan fingerprint density at radius 3 is 2.71 bits per heavy atom. The molecule has 0 unspecified atom stereocenters. The molecule has 3 aromatic rings. The molecule has 1 aromatic heterocycles. The van der Waals surface area contributed by atoms with Gasteiger partial charge in [-0.1, -0.05) is 49.0 Å². The maximum atomic E-state index is 12.2. The van der Waals surface area contributed by atoms with Crippen molar-refractivity contribution in [2.45, 2.75) is 42.5 Å². The number of Topliss-reactive ketones (excluding diaryl/α,β-unsaturated/α-hetero) is 1. The highest BCUT2D eigenvalue weighted by Crippen LogP contribution is 2.34. The van der Waals surface area contributed by atoms with Crippen molar-refractivity contribution >= 4 is 23.3 Å². The zero-order chi connectivity index (χ0) is 19.3. The Morgan fingerprint density at radius 1 is 1.04 bits per heavy atom. The number of nitrogens with zero attached hydrogens (tertiary/aromatic N) is 2. The smallest absolute Gasteiger partial charge is 0.163 e. The van der Waals surface area contributed by atoms with E-state index in [0.29, 0.717) is 6.42 Å². The zero-order valence-corrected chi connectivity index (χ0v) is 16.7. The van der Waals surface area contributed by atoms with Gasteiger partial charge in [0.25, 0.3) is 0 Å². The number of ketones is 1. The van der Waals surface area contributed by atoms with Gasteiger partial charge in [-0.3, -0.25) is 14.8 Å². The lowest BCUT2D eigenvalue weighted by Gasteiger charge is -2.09. The molecule has 4 heteroatoms. The molecule has 4 rings (SSSR count). The lowest BCUT2D eigenvalue weighted by molar-refractivity contribution is 0.0985. The van der Waals surface area contributed by atoms with Crippen molar-refractivity contribution in [3.05, 3.63) is 89.2 Å². The number of aromatic nitrogens is 1. The van der Waals surface area contributed by atoms with Crippen molar-refractivity contribution in [1.82, 2.24) is 4.98 Å². The quantitative estimate of drug-likeness (QED) is 0.485. The van der Waals surface area contributed by atoms with Gasteiger partial charge in [-0.25, -0.2) is 0 Å². The van der Waals surface area contributed by atoms with E-state index in [1.54, 1.807) is 11.8 Å². The van der Waals surface area contributed by atoms with Crippen LogP contribution in [0, 0.1) is 0 Å². The third-order valence-corrected chi connectivity index (χ3v) is 5.97. The lowest BCUT2D eigenvalue weighted by atomic mass is 10.0. The first-order valence-electron chi connectivity index (χ1n) is 9.61. The predicted octanol–water partition coefficient (Wildman–Crippen LogP) is 5.76. The molecule has 0 atom stereocenters. The molecule has 0 saturated carbocycles. The third-order valence-electron chi connectivity index (χ3n) is 4.91. The van der Waals surface area contributed by atoms with Gasteiger partial charge >= 0.3 is 0 Å². The number of benzene rings is 2. The van der Waals surface area contributed by atoms with Crippen LogP contribution in [0.1, 0.15) is 46.9 Å². The average molecular weight is 387 g/mol. The van der Waals surface area contributed by atoms with Crippen LogP contribution < -0.4 is 0 Å². The molecule has 0 spiro atoms. The Morgan fingerprint density at radius 2 is 1.89 bits per heavy atom. The summed E-state index contributed by atoms with van der Waals surface area (Å²) in [5, 5.41) is 0. The summed E-state index contributed by atoms with van der Waals surface area (Å²) in [6.07, 6.45) is 4.17. The number of aliphatic imine (C=N–C) groups is 1. The van der Waals surface area contributed by atoms with Gasteiger partial charge in [0.15, 0.2) is 5.78 Å². The summed E-state index contributed by atoms with van der Waals surface area (Å²) >= 11 is 1.65. The standard InChI is InChI=1S/C24H22N2OS/c1-2-23(27)21-8-3-4-9-24(21)28-19-11-12-20-17(15-19)16-26-22(20)13-10-18-7-5-6-14-25-18/h3-9,11-12,14-15H,2,10,13,16H2,1H3. The van der Waals surface area contributed by atoms with E-state index in [-0.39, 0.29) is 5.78 Å². The number of fused-ring (bicyclic) bond motifs is 1. The molecule has 0 saturated heterocycles. The van der Waals surface area contributed by atoms with Crippen LogP contribution in [0.4, 0.5) is 0 Å². The van der Waals surface area contributed by atoms with E-state index in [4.69, 9.17) is 4.99 Å². The fraction of sp³-hybridized carbons (Fsp3) is 0.208. The molecule has 3 nitrogen and oxygen atoms in total. The number of rotatable bonds is 7. The van der Waals surface area contributed by atoms with E-state index >= 15 is 0 Å². The zero-order valence-electron chi connectivity index (χ0n) is 15.9. The Kier molecular flexibility index (Phi) is 5.68. The lowest BCUT2D eigenvalue weighted by Crippen LogP contribution is -2.02. The molecule has 0 bridgehead atoms. The summed E-state index contributed by atoms with van der Waals surface area (Å²) < 4.78 is 0. The van der Waals surface area contributed by atoms with Crippen molar-refractivity contribution in [3.8, 4) is 0 Å². The van der Waals surface area contributed by atoms with Crippen LogP contribution in [0.25, 0.3) is 0 Å². The third kappa shape index (κ3) is 4.07. The first-order chi connectivity index (χ1) is 13.7. The van der Waals surface area contributed by atoms with Gasteiger partial charge in [-0.2, -0.15) is 0 Å². The largest absolute Gasteiger partial charge is 0.294 e. The molecule has 28 heavy (non-hydrogen) atoms. The van der Waals surface area contributed by atoms with Crippen molar-refractivity contribution in [3.63, 3.8) is 0 Å². The van der Waals surface area contributed by atoms with Crippen LogP contribution >= 0.6 is 11.8 Å². The molecule has 0 amide bonds. The van der Waals surface area contributed by atoms with Crippen LogP contribution in [0.3, 0.4) is 0 Å². The van der Waals surface area contributed by atoms with E-state index in [9.17, 15) is 4.79 Å². The van der Waals surface area contributed by atoms with E-state index in [2.05, 4.69) is 29.2 Å². The van der Waals surface area contributed by atoms with Gasteiger partial charge in [0, 0.05) is 44.9 Å². The van der Waals surface area contributed by atoms with E-state index in [1.807, 2.05) is 49.5 Å². The van der Waals surface area contributed by atoms with Crippen LogP contribution in [0.15, 0.2) is 81.6 Å². The van der Waals surface area contributed by atoms with Crippen molar-refractivity contribution in [2.75, 3.05) is 0 Å². The molecule has 0 fully saturated rings. The second kappa shape index (κ2) is 8.53. The number of aryl methyl sites for hydroxylation is 1. The van der Waals surface area contributed by atoms with E-state index in [0.717, 1.165) is 40.4 Å². The highest BCUT2D eigenvalue weighted by atomic mass is 32.2. The normalized spacial score (nSPS) is 12.5. The summed E-state index contributed by atoms with van der Waals surface area (Å²) in [6, 6.07) is 20.4. The SMILES string of the molecule is CCC(=O)c1ccccc1Sc1ccc2c(c1)CN=C2CCc1ccccn1. The molecular formula is C24H22N2OS. The second-order valence-electron chi connectivity index (χ2n) is 6.78. The maximum absolute atomic E-state index is 12.2. The summed E-state index contributed by atoms with van der Waals surface area (Å²) in [7, 11) is 0. The Balaban J connectivity index is 1.48. The minimum absolute atomic E-state index is 0.185. The van der Waals surface area contributed by atoms with Gasteiger partial charge in [0.1, 0.15) is 0 Å². The molecule has 1 aliphatic heterocycles. The highest BCUT2D eigenvalue weighted by molar-refractivity contribution is 7.99. The molecule has 2 aromatic carbocycles. The first-order valence-corrected chi connectivity index (χ1v) is 10.4. The van der Waals surface area contributed by atoms with E-state index < -0.39 is 0 Å². The van der Waals surface area contributed by atoms with Gasteiger partial charge in [-0.15, -0.1) is 0 Å². The summed E-state index contributed by atoms with van der Waals surface area (Å²) in [5.74, 6) is 0.185. The average Bonchev–Trinajstić information content (AvgIpc) is 3.15. The van der Waals surface area contributed by atoms with E-state index in [1.165, 1.54) is 16.8 Å². The molecular weight excluding hydrogens is 364 g/mol. The number of carbonyl (C=O) groups is 1. The summed E-state index contributed by atoms with van der Waals surface area (Å²) in [4.78, 5) is 23.5. The molecule has 2 heterocycles. The van der Waals surface area contributed by atoms with Crippen LogP contribution in [0.5, 0.6) is 0 Å². The topological polar surface area (TPSA) is 42.3 Å². The molecule has 0 radical (unpaired) electrons. The van der Waals surface area contributed by atoms with Gasteiger partial charge in [0.05, 0.1) is 6.54 Å². The molecule has 0 aliphatic carbocycles. The summed E-state index contributed by atoms with van der Waals surface area (Å²) in [6.45, 7) is 2.64. The summed E-state index contributed by atoms with van der Waals surface area (Å²) in [5.41, 5.74) is 5.59. The van der Waals surface area contributed by atoms with Crippen molar-refractivity contribution < 1.29 is 4.79 Å². The molecule has 0 N–H and O–H groups in total. The maximum Gasteiger partial charge on any atom is 0.163 e. The number of pyridine rings is 1. The Labute approximate surface area is 169 Å². The highest BCUT2D eigenvalue weighted by Gasteiger charge is 2.17. The Bertz CT molecular complexity index is 1030. The number of hydrogen-bond acceptors (Lipinski definition) is 4. The fourth-order valence-electron chi connectivity index (χ4n) is 3.42. The van der Waals surface area contributed by atoms with Crippen LogP contribution in [-0.4, -0.2) is 16.5 Å². The fourth-order valence-corrected chi connectivity index (χ4v) is 4.45. The minimum atomic E-state index is 0.185. The Hall–Kier alpha value is -2.72. The van der Waals surface area contributed by atoms with Gasteiger partial charge < -0.3 is 0 Å². The molecule has 1 aliphatic rings. The van der Waals surface area contributed by atoms with Crippen LogP contribution in [0.2, 0.25) is 0 Å². The number of hydrogen-bond donors (Lipinski definition) is 0. The number of carbonyl (C=O) groups excluding carboxylic acids is 1. The van der Waals surface area contributed by atoms with Crippen molar-refractivity contribution in [2.24, 2.45) is 4.99 Å². The van der Waals surface area contributed by atoms with Gasteiger partial charge in [0.2, 0.25) is 0 Å². The predicted molar refractivity (Wildman–Crippen MR) is 114 cm³/mol. The van der Waals surface area contributed by atoms with Crippen molar-refractivity contribution in [1.29, 1.82) is 0 Å². The first kappa shape index (κ1) is 18.6. The van der Waals surface area contributed by atoms with Gasteiger partial charge in [-0.05, 0) is 48.7 Å². The van der Waals surface area contributed by atoms with Crippen LogP contribution in [-0.2, 0) is 13.0 Å².